The minimum Gasteiger partial charge on any atom is -0.497 e. The molecule has 182 valence electrons. The van der Waals surface area contributed by atoms with Crippen molar-refractivity contribution in [1.82, 2.24) is 0 Å². The Hall–Kier alpha value is -4.14. The Balaban J connectivity index is 1.76. The molecule has 6 nitrogen and oxygen atoms in total. The molecule has 0 atom stereocenters. The number of alkyl halides is 3. The molecule has 0 radical (unpaired) electrons. The highest BCUT2D eigenvalue weighted by molar-refractivity contribution is 5.84. The van der Waals surface area contributed by atoms with E-state index in [9.17, 15) is 18.0 Å². The lowest BCUT2D eigenvalue weighted by Gasteiger charge is -2.15. The molecule has 0 N–H and O–H groups in total. The number of fused-ring (bicyclic) bond motifs is 1. The highest BCUT2D eigenvalue weighted by Crippen LogP contribution is 2.40. The van der Waals surface area contributed by atoms with Gasteiger partial charge in [0.1, 0.15) is 23.7 Å². The van der Waals surface area contributed by atoms with Gasteiger partial charge in [-0.2, -0.15) is 13.2 Å². The SMILES string of the molecule is COc1ccc(COc2ccc3c(=O)c(-c4ccc(OC)c(OC)c4)c(C(F)(F)F)oc3c2)cc1. The summed E-state index contributed by atoms with van der Waals surface area (Å²) >= 11 is 0. The maximum atomic E-state index is 14.0. The number of ether oxygens (including phenoxy) is 4. The standard InChI is InChI=1S/C26H21F3O6/c1-31-17-7-4-15(5-8-17)14-34-18-9-10-19-21(13-18)35-25(26(27,28)29)23(24(19)30)16-6-11-20(32-2)22(12-16)33-3/h4-13H,14H2,1-3H3. The van der Waals surface area contributed by atoms with Gasteiger partial charge in [0.15, 0.2) is 11.5 Å². The van der Waals surface area contributed by atoms with Crippen LogP contribution in [0.5, 0.6) is 23.0 Å². The molecule has 3 aromatic carbocycles. The number of halogens is 3. The van der Waals surface area contributed by atoms with Gasteiger partial charge in [-0.3, -0.25) is 4.79 Å². The zero-order valence-corrected chi connectivity index (χ0v) is 19.1. The Morgan fingerprint density at radius 2 is 1.49 bits per heavy atom. The minimum absolute atomic E-state index is 0.00884. The summed E-state index contributed by atoms with van der Waals surface area (Å²) in [5, 5.41) is -0.0143. The quantitative estimate of drug-likeness (QED) is 0.315. The van der Waals surface area contributed by atoms with E-state index in [0.717, 1.165) is 5.56 Å². The van der Waals surface area contributed by atoms with Crippen molar-refractivity contribution in [1.29, 1.82) is 0 Å². The van der Waals surface area contributed by atoms with E-state index in [2.05, 4.69) is 0 Å². The molecule has 0 bridgehead atoms. The Labute approximate surface area is 198 Å². The molecular formula is C26H21F3O6. The van der Waals surface area contributed by atoms with E-state index in [4.69, 9.17) is 23.4 Å². The van der Waals surface area contributed by atoms with Crippen molar-refractivity contribution in [3.05, 3.63) is 82.2 Å². The Morgan fingerprint density at radius 3 is 2.11 bits per heavy atom. The molecule has 0 unspecified atom stereocenters. The van der Waals surface area contributed by atoms with Crippen molar-refractivity contribution in [3.63, 3.8) is 0 Å². The molecule has 35 heavy (non-hydrogen) atoms. The first-order valence-electron chi connectivity index (χ1n) is 10.4. The second kappa shape index (κ2) is 9.61. The van der Waals surface area contributed by atoms with Gasteiger partial charge >= 0.3 is 6.18 Å². The molecule has 4 rings (SSSR count). The van der Waals surface area contributed by atoms with E-state index in [1.807, 2.05) is 0 Å². The predicted molar refractivity (Wildman–Crippen MR) is 123 cm³/mol. The van der Waals surface area contributed by atoms with Gasteiger partial charge in [0.25, 0.3) is 0 Å². The van der Waals surface area contributed by atoms with Gasteiger partial charge in [0.2, 0.25) is 11.2 Å². The molecule has 0 fully saturated rings. The first kappa shape index (κ1) is 24.0. The predicted octanol–water partition coefficient (Wildman–Crippen LogP) is 6.08. The van der Waals surface area contributed by atoms with Crippen LogP contribution in [-0.4, -0.2) is 21.3 Å². The van der Waals surface area contributed by atoms with Crippen molar-refractivity contribution in [2.75, 3.05) is 21.3 Å². The molecular weight excluding hydrogens is 465 g/mol. The lowest BCUT2D eigenvalue weighted by atomic mass is 10.0. The van der Waals surface area contributed by atoms with Crippen LogP contribution in [0.25, 0.3) is 22.1 Å². The maximum Gasteiger partial charge on any atom is 0.450 e. The number of benzene rings is 3. The second-order valence-electron chi connectivity index (χ2n) is 7.50. The fourth-order valence-corrected chi connectivity index (χ4v) is 3.61. The Bertz CT molecular complexity index is 1410. The van der Waals surface area contributed by atoms with E-state index in [1.54, 1.807) is 31.4 Å². The molecule has 0 spiro atoms. The number of rotatable bonds is 7. The molecule has 1 aromatic heterocycles. The minimum atomic E-state index is -4.92. The second-order valence-corrected chi connectivity index (χ2v) is 7.50. The first-order valence-corrected chi connectivity index (χ1v) is 10.4. The summed E-state index contributed by atoms with van der Waals surface area (Å²) in [6.07, 6.45) is -4.92. The highest BCUT2D eigenvalue weighted by Gasteiger charge is 2.39. The first-order chi connectivity index (χ1) is 16.7. The normalized spacial score (nSPS) is 11.4. The van der Waals surface area contributed by atoms with E-state index in [0.29, 0.717) is 11.5 Å². The van der Waals surface area contributed by atoms with Crippen LogP contribution in [0.3, 0.4) is 0 Å². The summed E-state index contributed by atoms with van der Waals surface area (Å²) in [7, 11) is 4.31. The van der Waals surface area contributed by atoms with Gasteiger partial charge < -0.3 is 23.4 Å². The molecule has 4 aromatic rings. The van der Waals surface area contributed by atoms with Crippen LogP contribution in [0.15, 0.2) is 69.9 Å². The zero-order chi connectivity index (χ0) is 25.2. The van der Waals surface area contributed by atoms with E-state index >= 15 is 0 Å². The molecule has 0 amide bonds. The number of hydrogen-bond donors (Lipinski definition) is 0. The third kappa shape index (κ3) is 4.89. The smallest absolute Gasteiger partial charge is 0.450 e. The van der Waals surface area contributed by atoms with Crippen LogP contribution in [-0.2, 0) is 12.8 Å². The average molecular weight is 486 g/mol. The van der Waals surface area contributed by atoms with Crippen LogP contribution >= 0.6 is 0 Å². The van der Waals surface area contributed by atoms with Gasteiger partial charge in [-0.15, -0.1) is 0 Å². The molecule has 0 saturated carbocycles. The van der Waals surface area contributed by atoms with Crippen molar-refractivity contribution < 1.29 is 36.5 Å². The lowest BCUT2D eigenvalue weighted by molar-refractivity contribution is -0.152. The topological polar surface area (TPSA) is 67.1 Å². The van der Waals surface area contributed by atoms with Crippen LogP contribution < -0.4 is 24.4 Å². The molecule has 0 aliphatic heterocycles. The average Bonchev–Trinajstić information content (AvgIpc) is 2.86. The lowest BCUT2D eigenvalue weighted by Crippen LogP contribution is -2.16. The van der Waals surface area contributed by atoms with Gasteiger partial charge in [0.05, 0.1) is 32.3 Å². The maximum absolute atomic E-state index is 14.0. The third-order valence-electron chi connectivity index (χ3n) is 5.36. The van der Waals surface area contributed by atoms with Crippen LogP contribution in [0.2, 0.25) is 0 Å². The number of methoxy groups -OCH3 is 3. The van der Waals surface area contributed by atoms with E-state index in [-0.39, 0.29) is 34.6 Å². The summed E-state index contributed by atoms with van der Waals surface area (Å²) in [6.45, 7) is 0.162. The van der Waals surface area contributed by atoms with Gasteiger partial charge in [0, 0.05) is 6.07 Å². The fraction of sp³-hybridized carbons (Fsp3) is 0.192. The van der Waals surface area contributed by atoms with Gasteiger partial charge in [-0.05, 0) is 47.5 Å². The van der Waals surface area contributed by atoms with Crippen LogP contribution in [0, 0.1) is 0 Å². The fourth-order valence-electron chi connectivity index (χ4n) is 3.61. The summed E-state index contributed by atoms with van der Waals surface area (Å²) in [5.41, 5.74) is -0.860. The van der Waals surface area contributed by atoms with Crippen LogP contribution in [0.4, 0.5) is 13.2 Å². The molecule has 0 aliphatic rings. The van der Waals surface area contributed by atoms with Gasteiger partial charge in [-0.25, -0.2) is 0 Å². The molecule has 0 saturated heterocycles. The molecule has 9 heteroatoms. The van der Waals surface area contributed by atoms with Crippen molar-refractivity contribution >= 4 is 11.0 Å². The van der Waals surface area contributed by atoms with Crippen LogP contribution in [0.1, 0.15) is 11.3 Å². The third-order valence-corrected chi connectivity index (χ3v) is 5.36. The molecule has 1 heterocycles. The van der Waals surface area contributed by atoms with Crippen molar-refractivity contribution in [2.45, 2.75) is 12.8 Å². The van der Waals surface area contributed by atoms with E-state index in [1.165, 1.54) is 50.6 Å². The number of hydrogen-bond acceptors (Lipinski definition) is 6. The summed E-state index contributed by atoms with van der Waals surface area (Å²) in [6, 6.07) is 15.4. The van der Waals surface area contributed by atoms with Crippen molar-refractivity contribution in [3.8, 4) is 34.1 Å². The van der Waals surface area contributed by atoms with E-state index < -0.39 is 22.9 Å². The summed E-state index contributed by atoms with van der Waals surface area (Å²) < 4.78 is 68.3. The van der Waals surface area contributed by atoms with Gasteiger partial charge in [-0.1, -0.05) is 18.2 Å². The monoisotopic (exact) mass is 486 g/mol. The summed E-state index contributed by atoms with van der Waals surface area (Å²) in [4.78, 5) is 13.2. The van der Waals surface area contributed by atoms with Crippen molar-refractivity contribution in [2.24, 2.45) is 0 Å². The summed E-state index contributed by atoms with van der Waals surface area (Å²) in [5.74, 6) is 0.0257. The largest absolute Gasteiger partial charge is 0.497 e. The Kier molecular flexibility index (Phi) is 6.59. The zero-order valence-electron chi connectivity index (χ0n) is 19.1. The Morgan fingerprint density at radius 1 is 0.800 bits per heavy atom. The highest BCUT2D eigenvalue weighted by atomic mass is 19.4. The molecule has 0 aliphatic carbocycles.